The van der Waals surface area contributed by atoms with E-state index in [1.165, 1.54) is 16.7 Å². The lowest BCUT2D eigenvalue weighted by Crippen LogP contribution is -2.49. The van der Waals surface area contributed by atoms with Crippen LogP contribution in [-0.2, 0) is 4.74 Å². The third-order valence-electron chi connectivity index (χ3n) is 3.99. The molecule has 1 aliphatic heterocycles. The van der Waals surface area contributed by atoms with Gasteiger partial charge in [0.15, 0.2) is 0 Å². The molecule has 1 fully saturated rings. The molecule has 3 heteroatoms. The monoisotopic (exact) mass is 262 g/mol. The zero-order valence-electron chi connectivity index (χ0n) is 12.5. The fraction of sp³-hybridized carbons (Fsp3) is 0.625. The summed E-state index contributed by atoms with van der Waals surface area (Å²) in [5.74, 6) is 0. The standard InChI is InChI=1S/C16H26N2O/c1-11-5-6-15(12(2)7-11)16(17)9-18-8-14(4)19-10-13(18)3/h5-7,13-14,16H,8-10,17H2,1-4H3. The Morgan fingerprint density at radius 3 is 2.79 bits per heavy atom. The van der Waals surface area contributed by atoms with Gasteiger partial charge in [0.2, 0.25) is 0 Å². The molecule has 3 nitrogen and oxygen atoms in total. The Morgan fingerprint density at radius 2 is 2.11 bits per heavy atom. The Morgan fingerprint density at radius 1 is 1.37 bits per heavy atom. The topological polar surface area (TPSA) is 38.5 Å². The van der Waals surface area contributed by atoms with E-state index in [1.807, 2.05) is 0 Å². The Hall–Kier alpha value is -0.900. The highest BCUT2D eigenvalue weighted by molar-refractivity contribution is 5.32. The van der Waals surface area contributed by atoms with Crippen LogP contribution in [0.15, 0.2) is 18.2 Å². The molecule has 0 aliphatic carbocycles. The molecule has 1 aromatic rings. The first-order valence-corrected chi connectivity index (χ1v) is 7.15. The molecule has 0 aromatic heterocycles. The summed E-state index contributed by atoms with van der Waals surface area (Å²) >= 11 is 0. The zero-order chi connectivity index (χ0) is 14.0. The summed E-state index contributed by atoms with van der Waals surface area (Å²) in [5, 5.41) is 0. The molecular weight excluding hydrogens is 236 g/mol. The van der Waals surface area contributed by atoms with Crippen LogP contribution in [0.2, 0.25) is 0 Å². The summed E-state index contributed by atoms with van der Waals surface area (Å²) in [6.45, 7) is 11.3. The summed E-state index contributed by atoms with van der Waals surface area (Å²) in [7, 11) is 0. The van der Waals surface area contributed by atoms with Crippen molar-refractivity contribution >= 4 is 0 Å². The van der Waals surface area contributed by atoms with Crippen LogP contribution in [0.1, 0.15) is 36.6 Å². The van der Waals surface area contributed by atoms with E-state index in [4.69, 9.17) is 10.5 Å². The SMILES string of the molecule is Cc1ccc(C(N)CN2CC(C)OCC2C)c(C)c1. The second-order valence-corrected chi connectivity index (χ2v) is 5.91. The van der Waals surface area contributed by atoms with Gasteiger partial charge in [0.25, 0.3) is 0 Å². The first-order valence-electron chi connectivity index (χ1n) is 7.15. The van der Waals surface area contributed by atoms with Crippen LogP contribution in [0, 0.1) is 13.8 Å². The predicted molar refractivity (Wildman–Crippen MR) is 79.3 cm³/mol. The molecule has 2 rings (SSSR count). The average molecular weight is 262 g/mol. The Labute approximate surface area is 116 Å². The molecular formula is C16H26N2O. The highest BCUT2D eigenvalue weighted by Gasteiger charge is 2.25. The number of hydrogen-bond acceptors (Lipinski definition) is 3. The third kappa shape index (κ3) is 3.56. The van der Waals surface area contributed by atoms with Gasteiger partial charge >= 0.3 is 0 Å². The Balaban J connectivity index is 2.05. The van der Waals surface area contributed by atoms with Gasteiger partial charge in [-0.2, -0.15) is 0 Å². The van der Waals surface area contributed by atoms with Gasteiger partial charge in [-0.1, -0.05) is 23.8 Å². The highest BCUT2D eigenvalue weighted by Crippen LogP contribution is 2.20. The maximum Gasteiger partial charge on any atom is 0.0674 e. The lowest BCUT2D eigenvalue weighted by molar-refractivity contribution is -0.0510. The van der Waals surface area contributed by atoms with Gasteiger partial charge < -0.3 is 10.5 Å². The van der Waals surface area contributed by atoms with Crippen LogP contribution < -0.4 is 5.73 Å². The minimum absolute atomic E-state index is 0.0772. The number of ether oxygens (including phenoxy) is 1. The molecule has 1 aliphatic rings. The van der Waals surface area contributed by atoms with Crippen LogP contribution in [0.3, 0.4) is 0 Å². The molecule has 1 aromatic carbocycles. The Kier molecular flexibility index (Phi) is 4.61. The molecule has 0 spiro atoms. The van der Waals surface area contributed by atoms with Crippen molar-refractivity contribution in [3.05, 3.63) is 34.9 Å². The summed E-state index contributed by atoms with van der Waals surface area (Å²) in [6.07, 6.45) is 0.308. The van der Waals surface area contributed by atoms with Crippen molar-refractivity contribution in [1.82, 2.24) is 4.90 Å². The first-order chi connectivity index (χ1) is 8.97. The second kappa shape index (κ2) is 6.04. The number of morpholine rings is 1. The van der Waals surface area contributed by atoms with E-state index in [9.17, 15) is 0 Å². The molecule has 1 saturated heterocycles. The summed E-state index contributed by atoms with van der Waals surface area (Å²) < 4.78 is 5.66. The van der Waals surface area contributed by atoms with Gasteiger partial charge in [0.05, 0.1) is 12.7 Å². The summed E-state index contributed by atoms with van der Waals surface area (Å²) in [5.41, 5.74) is 10.2. The minimum atomic E-state index is 0.0772. The average Bonchev–Trinajstić information content (AvgIpc) is 2.33. The van der Waals surface area contributed by atoms with Crippen molar-refractivity contribution in [3.63, 3.8) is 0 Å². The van der Waals surface area contributed by atoms with E-state index < -0.39 is 0 Å². The molecule has 0 saturated carbocycles. The number of benzene rings is 1. The number of rotatable bonds is 3. The largest absolute Gasteiger partial charge is 0.376 e. The maximum absolute atomic E-state index is 6.40. The summed E-state index contributed by atoms with van der Waals surface area (Å²) in [4.78, 5) is 2.44. The normalized spacial score (nSPS) is 26.4. The zero-order valence-corrected chi connectivity index (χ0v) is 12.5. The molecule has 3 atom stereocenters. The fourth-order valence-electron chi connectivity index (χ4n) is 2.82. The van der Waals surface area contributed by atoms with E-state index in [0.717, 1.165) is 19.7 Å². The van der Waals surface area contributed by atoms with Crippen LogP contribution in [-0.4, -0.2) is 36.7 Å². The molecule has 106 valence electrons. The van der Waals surface area contributed by atoms with Gasteiger partial charge in [0, 0.05) is 25.2 Å². The number of hydrogen-bond donors (Lipinski definition) is 1. The molecule has 19 heavy (non-hydrogen) atoms. The van der Waals surface area contributed by atoms with Gasteiger partial charge in [-0.3, -0.25) is 4.90 Å². The molecule has 2 N–H and O–H groups in total. The van der Waals surface area contributed by atoms with Gasteiger partial charge in [-0.15, -0.1) is 0 Å². The maximum atomic E-state index is 6.40. The van der Waals surface area contributed by atoms with Crippen LogP contribution >= 0.6 is 0 Å². The number of nitrogens with zero attached hydrogens (tertiary/aromatic N) is 1. The van der Waals surface area contributed by atoms with E-state index in [0.29, 0.717) is 12.1 Å². The van der Waals surface area contributed by atoms with Crippen LogP contribution in [0.25, 0.3) is 0 Å². The minimum Gasteiger partial charge on any atom is -0.376 e. The van der Waals surface area contributed by atoms with Crippen molar-refractivity contribution in [1.29, 1.82) is 0 Å². The van der Waals surface area contributed by atoms with Crippen molar-refractivity contribution in [3.8, 4) is 0 Å². The predicted octanol–water partition coefficient (Wildman–Crippen LogP) is 2.41. The number of aryl methyl sites for hydroxylation is 2. The third-order valence-corrected chi connectivity index (χ3v) is 3.99. The summed E-state index contributed by atoms with van der Waals surface area (Å²) in [6, 6.07) is 7.05. The highest BCUT2D eigenvalue weighted by atomic mass is 16.5. The van der Waals surface area contributed by atoms with Gasteiger partial charge in [-0.05, 0) is 38.8 Å². The van der Waals surface area contributed by atoms with Crippen LogP contribution in [0.4, 0.5) is 0 Å². The van der Waals surface area contributed by atoms with E-state index in [-0.39, 0.29) is 6.04 Å². The van der Waals surface area contributed by atoms with E-state index >= 15 is 0 Å². The molecule has 3 unspecified atom stereocenters. The second-order valence-electron chi connectivity index (χ2n) is 5.91. The van der Waals surface area contributed by atoms with Crippen molar-refractivity contribution in [2.24, 2.45) is 5.73 Å². The first kappa shape index (κ1) is 14.5. The quantitative estimate of drug-likeness (QED) is 0.909. The van der Waals surface area contributed by atoms with Crippen molar-refractivity contribution in [2.45, 2.75) is 45.9 Å². The lowest BCUT2D eigenvalue weighted by atomic mass is 9.99. The van der Waals surface area contributed by atoms with Crippen molar-refractivity contribution in [2.75, 3.05) is 19.7 Å². The molecule has 0 radical (unpaired) electrons. The van der Waals surface area contributed by atoms with Crippen LogP contribution in [0.5, 0.6) is 0 Å². The van der Waals surface area contributed by atoms with E-state index in [1.54, 1.807) is 0 Å². The molecule has 0 amide bonds. The smallest absolute Gasteiger partial charge is 0.0674 e. The molecule has 0 bridgehead atoms. The number of nitrogens with two attached hydrogens (primary N) is 1. The lowest BCUT2D eigenvalue weighted by Gasteiger charge is -2.38. The van der Waals surface area contributed by atoms with Gasteiger partial charge in [-0.25, -0.2) is 0 Å². The molecule has 1 heterocycles. The van der Waals surface area contributed by atoms with Crippen molar-refractivity contribution < 1.29 is 4.74 Å². The Bertz CT molecular complexity index is 433. The van der Waals surface area contributed by atoms with E-state index in [2.05, 4.69) is 50.8 Å². The van der Waals surface area contributed by atoms with Gasteiger partial charge in [0.1, 0.15) is 0 Å². The fourth-order valence-corrected chi connectivity index (χ4v) is 2.82.